The molecule has 1 atom stereocenters. The lowest BCUT2D eigenvalue weighted by molar-refractivity contribution is 0.123. The van der Waals surface area contributed by atoms with E-state index in [1.807, 2.05) is 0 Å². The van der Waals surface area contributed by atoms with Crippen molar-refractivity contribution in [1.29, 1.82) is 0 Å². The molecule has 3 heteroatoms. The maximum atomic E-state index is 9.17. The summed E-state index contributed by atoms with van der Waals surface area (Å²) in [7, 11) is 0. The number of hydrogen-bond donors (Lipinski definition) is 2. The molecule has 1 N–H and O–H groups in total. The van der Waals surface area contributed by atoms with Gasteiger partial charge in [-0.15, -0.1) is 0 Å². The fourth-order valence-corrected chi connectivity index (χ4v) is 4.27. The summed E-state index contributed by atoms with van der Waals surface area (Å²) in [6, 6.07) is 0.634. The van der Waals surface area contributed by atoms with E-state index in [9.17, 15) is 5.11 Å². The van der Waals surface area contributed by atoms with E-state index in [1.54, 1.807) is 0 Å². The highest BCUT2D eigenvalue weighted by Gasteiger charge is 2.35. The standard InChI is InChI=1S/C15H29NOS/c17-11-7-14-6-5-10-16(14)12-15(13-18)8-3-1-2-4-9-15/h14,17-18H,1-13H2. The predicted molar refractivity (Wildman–Crippen MR) is 80.3 cm³/mol. The van der Waals surface area contributed by atoms with E-state index in [2.05, 4.69) is 17.5 Å². The lowest BCUT2D eigenvalue weighted by atomic mass is 9.81. The van der Waals surface area contributed by atoms with Crippen LogP contribution in [0.15, 0.2) is 0 Å². The monoisotopic (exact) mass is 271 g/mol. The summed E-state index contributed by atoms with van der Waals surface area (Å²) in [6.07, 6.45) is 11.9. The van der Waals surface area contributed by atoms with Crippen LogP contribution in [-0.4, -0.2) is 41.5 Å². The molecule has 1 unspecified atom stereocenters. The van der Waals surface area contributed by atoms with E-state index in [-0.39, 0.29) is 0 Å². The molecular formula is C15H29NOS. The zero-order valence-electron chi connectivity index (χ0n) is 11.6. The van der Waals surface area contributed by atoms with Crippen molar-refractivity contribution in [1.82, 2.24) is 4.90 Å². The molecule has 2 nitrogen and oxygen atoms in total. The second kappa shape index (κ2) is 7.16. The Balaban J connectivity index is 1.95. The van der Waals surface area contributed by atoms with Crippen LogP contribution in [0.1, 0.15) is 57.8 Å². The first-order valence-electron chi connectivity index (χ1n) is 7.75. The van der Waals surface area contributed by atoms with Gasteiger partial charge < -0.3 is 5.11 Å². The summed E-state index contributed by atoms with van der Waals surface area (Å²) < 4.78 is 0. The third kappa shape index (κ3) is 3.64. The average molecular weight is 271 g/mol. The van der Waals surface area contributed by atoms with Gasteiger partial charge in [-0.25, -0.2) is 0 Å². The molecule has 18 heavy (non-hydrogen) atoms. The molecule has 1 saturated carbocycles. The van der Waals surface area contributed by atoms with Crippen molar-refractivity contribution in [2.45, 2.75) is 63.8 Å². The fourth-order valence-electron chi connectivity index (χ4n) is 3.85. The number of likely N-dealkylation sites (tertiary alicyclic amines) is 1. The number of nitrogens with zero attached hydrogens (tertiary/aromatic N) is 1. The number of hydrogen-bond acceptors (Lipinski definition) is 3. The fraction of sp³-hybridized carbons (Fsp3) is 1.00. The van der Waals surface area contributed by atoms with Gasteiger partial charge in [0.25, 0.3) is 0 Å². The summed E-state index contributed by atoms with van der Waals surface area (Å²) >= 11 is 4.68. The molecule has 0 spiro atoms. The normalized spacial score (nSPS) is 29.3. The Bertz CT molecular complexity index is 239. The minimum atomic E-state index is 0.342. The Morgan fingerprint density at radius 2 is 1.83 bits per heavy atom. The van der Waals surface area contributed by atoms with Crippen molar-refractivity contribution in [3.05, 3.63) is 0 Å². The van der Waals surface area contributed by atoms with Gasteiger partial charge in [0.15, 0.2) is 0 Å². The predicted octanol–water partition coefficient (Wildman–Crippen LogP) is 3.10. The minimum Gasteiger partial charge on any atom is -0.396 e. The molecule has 1 saturated heterocycles. The molecule has 2 rings (SSSR count). The van der Waals surface area contributed by atoms with Crippen molar-refractivity contribution >= 4 is 12.6 Å². The molecule has 0 amide bonds. The molecule has 0 aromatic rings. The summed E-state index contributed by atoms with van der Waals surface area (Å²) in [4.78, 5) is 2.65. The second-order valence-electron chi connectivity index (χ2n) is 6.35. The lowest BCUT2D eigenvalue weighted by Crippen LogP contribution is -2.41. The Hall–Kier alpha value is 0.270. The molecule has 2 fully saturated rings. The molecular weight excluding hydrogens is 242 g/mol. The molecule has 0 aromatic heterocycles. The van der Waals surface area contributed by atoms with Crippen molar-refractivity contribution < 1.29 is 5.11 Å². The summed E-state index contributed by atoms with van der Waals surface area (Å²) in [6.45, 7) is 2.80. The number of aliphatic hydroxyl groups excluding tert-OH is 1. The van der Waals surface area contributed by atoms with Crippen molar-refractivity contribution in [3.8, 4) is 0 Å². The van der Waals surface area contributed by atoms with Gasteiger partial charge >= 0.3 is 0 Å². The summed E-state index contributed by atoms with van der Waals surface area (Å²) in [5.74, 6) is 1.04. The molecule has 2 aliphatic rings. The van der Waals surface area contributed by atoms with Gasteiger partial charge in [0.1, 0.15) is 0 Å². The largest absolute Gasteiger partial charge is 0.396 e. The van der Waals surface area contributed by atoms with Crippen molar-refractivity contribution in [3.63, 3.8) is 0 Å². The van der Waals surface area contributed by atoms with E-state index in [0.717, 1.165) is 12.2 Å². The zero-order valence-corrected chi connectivity index (χ0v) is 12.5. The highest BCUT2D eigenvalue weighted by molar-refractivity contribution is 7.80. The molecule has 1 aliphatic carbocycles. The van der Waals surface area contributed by atoms with Crippen LogP contribution in [0.5, 0.6) is 0 Å². The molecule has 1 aliphatic heterocycles. The van der Waals surface area contributed by atoms with Gasteiger partial charge in [0, 0.05) is 19.2 Å². The third-order valence-corrected chi connectivity index (χ3v) is 5.67. The van der Waals surface area contributed by atoms with Crippen LogP contribution in [-0.2, 0) is 0 Å². The highest BCUT2D eigenvalue weighted by atomic mass is 32.1. The van der Waals surface area contributed by atoms with Gasteiger partial charge in [-0.2, -0.15) is 12.6 Å². The Kier molecular flexibility index (Phi) is 5.84. The molecule has 0 aromatic carbocycles. The quantitative estimate of drug-likeness (QED) is 0.593. The van der Waals surface area contributed by atoms with Crippen LogP contribution >= 0.6 is 12.6 Å². The van der Waals surface area contributed by atoms with E-state index >= 15 is 0 Å². The zero-order chi connectivity index (χ0) is 12.8. The number of rotatable bonds is 5. The lowest BCUT2D eigenvalue weighted by Gasteiger charge is -2.38. The maximum Gasteiger partial charge on any atom is 0.0445 e. The molecule has 0 bridgehead atoms. The second-order valence-corrected chi connectivity index (χ2v) is 6.67. The Labute approximate surface area is 118 Å². The number of thiol groups is 1. The van der Waals surface area contributed by atoms with Gasteiger partial charge in [-0.1, -0.05) is 25.7 Å². The minimum absolute atomic E-state index is 0.342. The SMILES string of the molecule is OCCC1CCCN1CC1(CS)CCCCCC1. The van der Waals surface area contributed by atoms with E-state index < -0.39 is 0 Å². The maximum absolute atomic E-state index is 9.17. The van der Waals surface area contributed by atoms with E-state index in [0.29, 0.717) is 18.1 Å². The van der Waals surface area contributed by atoms with Crippen LogP contribution in [0.25, 0.3) is 0 Å². The van der Waals surface area contributed by atoms with Crippen LogP contribution in [0, 0.1) is 5.41 Å². The topological polar surface area (TPSA) is 23.5 Å². The van der Waals surface area contributed by atoms with Crippen LogP contribution in [0.3, 0.4) is 0 Å². The van der Waals surface area contributed by atoms with Crippen LogP contribution < -0.4 is 0 Å². The van der Waals surface area contributed by atoms with Gasteiger partial charge in [-0.3, -0.25) is 4.90 Å². The van der Waals surface area contributed by atoms with Crippen LogP contribution in [0.2, 0.25) is 0 Å². The Morgan fingerprint density at radius 3 is 2.44 bits per heavy atom. The number of aliphatic hydroxyl groups is 1. The first-order chi connectivity index (χ1) is 8.79. The molecule has 106 valence electrons. The first kappa shape index (κ1) is 14.7. The molecule has 1 heterocycles. The molecule has 0 radical (unpaired) electrons. The van der Waals surface area contributed by atoms with Gasteiger partial charge in [0.2, 0.25) is 0 Å². The average Bonchev–Trinajstić information content (AvgIpc) is 2.67. The van der Waals surface area contributed by atoms with Gasteiger partial charge in [-0.05, 0) is 49.8 Å². The summed E-state index contributed by atoms with van der Waals surface area (Å²) in [5.41, 5.74) is 0.456. The summed E-state index contributed by atoms with van der Waals surface area (Å²) in [5, 5.41) is 9.17. The Morgan fingerprint density at radius 1 is 1.11 bits per heavy atom. The highest BCUT2D eigenvalue weighted by Crippen LogP contribution is 2.38. The van der Waals surface area contributed by atoms with Crippen molar-refractivity contribution in [2.75, 3.05) is 25.4 Å². The van der Waals surface area contributed by atoms with Gasteiger partial charge in [0.05, 0.1) is 0 Å². The van der Waals surface area contributed by atoms with Crippen LogP contribution in [0.4, 0.5) is 0 Å². The first-order valence-corrected chi connectivity index (χ1v) is 8.39. The third-order valence-electron chi connectivity index (χ3n) is 5.00. The van der Waals surface area contributed by atoms with E-state index in [4.69, 9.17) is 0 Å². The smallest absolute Gasteiger partial charge is 0.0445 e. The van der Waals surface area contributed by atoms with Crippen molar-refractivity contribution in [2.24, 2.45) is 5.41 Å². The van der Waals surface area contributed by atoms with E-state index in [1.165, 1.54) is 64.5 Å².